The fraction of sp³-hybridized carbons (Fsp3) is 0.533. The normalized spacial score (nSPS) is 16.1. The second kappa shape index (κ2) is 6.79. The average molecular weight is 283 g/mol. The van der Waals surface area contributed by atoms with Crippen LogP contribution >= 0.6 is 0 Å². The molecule has 0 aliphatic heterocycles. The molecule has 0 heterocycles. The maximum absolute atomic E-state index is 14.1. The summed E-state index contributed by atoms with van der Waals surface area (Å²) in [6.07, 6.45) is 5.36. The Kier molecular flexibility index (Phi) is 5.06. The maximum Gasteiger partial charge on any atom is 0.150 e. The summed E-state index contributed by atoms with van der Waals surface area (Å²) in [6, 6.07) is 2.12. The molecule has 1 aliphatic carbocycles. The summed E-state index contributed by atoms with van der Waals surface area (Å²) in [5, 5.41) is 9.17. The van der Waals surface area contributed by atoms with Gasteiger partial charge in [0.15, 0.2) is 0 Å². The lowest BCUT2D eigenvalue weighted by Gasteiger charge is -2.36. The molecule has 3 nitrogen and oxygen atoms in total. The highest BCUT2D eigenvalue weighted by atomic mass is 19.1. The Balaban J connectivity index is 2.35. The summed E-state index contributed by atoms with van der Waals surface area (Å²) in [7, 11) is 0. The van der Waals surface area contributed by atoms with Gasteiger partial charge in [-0.25, -0.2) is 8.78 Å². The Morgan fingerprint density at radius 2 is 1.80 bits per heavy atom. The van der Waals surface area contributed by atoms with Crippen LogP contribution in [0.3, 0.4) is 0 Å². The first kappa shape index (κ1) is 14.9. The largest absolute Gasteiger partial charge is 0.395 e. The third kappa shape index (κ3) is 3.15. The molecule has 0 bridgehead atoms. The van der Waals surface area contributed by atoms with Gasteiger partial charge in [0.2, 0.25) is 0 Å². The van der Waals surface area contributed by atoms with E-state index in [1.165, 1.54) is 0 Å². The zero-order chi connectivity index (χ0) is 14.5. The van der Waals surface area contributed by atoms with E-state index >= 15 is 0 Å². The van der Waals surface area contributed by atoms with Gasteiger partial charge < -0.3 is 10.0 Å². The molecule has 0 atom stereocenters. The Morgan fingerprint density at radius 1 is 1.20 bits per heavy atom. The smallest absolute Gasteiger partial charge is 0.150 e. The van der Waals surface area contributed by atoms with Crippen molar-refractivity contribution in [3.8, 4) is 0 Å². The van der Waals surface area contributed by atoms with Crippen molar-refractivity contribution >= 4 is 12.0 Å². The number of anilines is 1. The Hall–Kier alpha value is -1.49. The molecule has 110 valence electrons. The first-order valence-electron chi connectivity index (χ1n) is 6.99. The first-order chi connectivity index (χ1) is 9.67. The van der Waals surface area contributed by atoms with Crippen molar-refractivity contribution in [3.63, 3.8) is 0 Å². The van der Waals surface area contributed by atoms with E-state index in [4.69, 9.17) is 5.11 Å². The summed E-state index contributed by atoms with van der Waals surface area (Å²) in [5.41, 5.74) is -0.145. The van der Waals surface area contributed by atoms with E-state index < -0.39 is 11.6 Å². The molecule has 0 amide bonds. The Labute approximate surface area is 117 Å². The number of nitrogens with zero attached hydrogens (tertiary/aromatic N) is 1. The van der Waals surface area contributed by atoms with Crippen molar-refractivity contribution in [2.45, 2.75) is 38.1 Å². The molecular weight excluding hydrogens is 264 g/mol. The minimum absolute atomic E-state index is 0.0173. The number of halogens is 2. The van der Waals surface area contributed by atoms with Gasteiger partial charge in [-0.3, -0.25) is 4.79 Å². The zero-order valence-corrected chi connectivity index (χ0v) is 11.3. The Morgan fingerprint density at radius 3 is 2.30 bits per heavy atom. The Bertz CT molecular complexity index is 450. The lowest BCUT2D eigenvalue weighted by molar-refractivity contribution is 0.112. The summed E-state index contributed by atoms with van der Waals surface area (Å²) in [5.74, 6) is -1.49. The van der Waals surface area contributed by atoms with E-state index in [1.54, 1.807) is 4.90 Å². The molecule has 1 aliphatic rings. The van der Waals surface area contributed by atoms with Gasteiger partial charge in [0.05, 0.1) is 6.61 Å². The lowest BCUT2D eigenvalue weighted by Crippen LogP contribution is -2.40. The molecule has 0 radical (unpaired) electrons. The predicted octanol–water partition coefficient (Wildman–Crippen LogP) is 2.91. The lowest BCUT2D eigenvalue weighted by atomic mass is 9.93. The van der Waals surface area contributed by atoms with E-state index in [0.29, 0.717) is 6.29 Å². The van der Waals surface area contributed by atoms with E-state index in [-0.39, 0.29) is 30.4 Å². The topological polar surface area (TPSA) is 40.5 Å². The number of aliphatic hydroxyl groups excluding tert-OH is 1. The van der Waals surface area contributed by atoms with Crippen molar-refractivity contribution in [3.05, 3.63) is 29.3 Å². The van der Waals surface area contributed by atoms with Gasteiger partial charge in [-0.15, -0.1) is 0 Å². The molecule has 1 fully saturated rings. The summed E-state index contributed by atoms with van der Waals surface area (Å²) < 4.78 is 28.2. The third-order valence-corrected chi connectivity index (χ3v) is 3.82. The summed E-state index contributed by atoms with van der Waals surface area (Å²) >= 11 is 0. The minimum Gasteiger partial charge on any atom is -0.395 e. The van der Waals surface area contributed by atoms with Gasteiger partial charge in [0, 0.05) is 18.2 Å². The molecule has 0 spiro atoms. The van der Waals surface area contributed by atoms with Crippen molar-refractivity contribution in [2.75, 3.05) is 18.1 Å². The van der Waals surface area contributed by atoms with Gasteiger partial charge in [-0.05, 0) is 25.0 Å². The highest BCUT2D eigenvalue weighted by Gasteiger charge is 2.26. The molecule has 0 aromatic heterocycles. The predicted molar refractivity (Wildman–Crippen MR) is 73.1 cm³/mol. The minimum atomic E-state index is -0.744. The summed E-state index contributed by atoms with van der Waals surface area (Å²) in [6.45, 7) is 0.0315. The standard InChI is InChI=1S/C15H19F2NO2/c16-13-8-11(10-20)9-14(17)15(13)18(6-7-19)12-4-2-1-3-5-12/h8-10,12,19H,1-7H2. The zero-order valence-electron chi connectivity index (χ0n) is 11.3. The van der Waals surface area contributed by atoms with E-state index in [1.807, 2.05) is 0 Å². The monoisotopic (exact) mass is 283 g/mol. The highest BCUT2D eigenvalue weighted by molar-refractivity contribution is 5.76. The van der Waals surface area contributed by atoms with Crippen LogP contribution in [0, 0.1) is 11.6 Å². The van der Waals surface area contributed by atoms with Crippen molar-refractivity contribution in [2.24, 2.45) is 0 Å². The number of aliphatic hydroxyl groups is 1. The second-order valence-corrected chi connectivity index (χ2v) is 5.16. The number of carbonyl (C=O) groups excluding carboxylic acids is 1. The molecule has 5 heteroatoms. The van der Waals surface area contributed by atoms with Gasteiger partial charge >= 0.3 is 0 Å². The third-order valence-electron chi connectivity index (χ3n) is 3.82. The van der Waals surface area contributed by atoms with Crippen LogP contribution in [0.5, 0.6) is 0 Å². The number of rotatable bonds is 5. The fourth-order valence-corrected chi connectivity index (χ4v) is 2.90. The SMILES string of the molecule is O=Cc1cc(F)c(N(CCO)C2CCCCC2)c(F)c1. The van der Waals surface area contributed by atoms with Gasteiger partial charge in [-0.2, -0.15) is 0 Å². The van der Waals surface area contributed by atoms with Crippen molar-refractivity contribution < 1.29 is 18.7 Å². The van der Waals surface area contributed by atoms with Crippen LogP contribution in [0.25, 0.3) is 0 Å². The molecule has 1 N–H and O–H groups in total. The van der Waals surface area contributed by atoms with E-state index in [2.05, 4.69) is 0 Å². The number of hydrogen-bond donors (Lipinski definition) is 1. The first-order valence-corrected chi connectivity index (χ1v) is 6.99. The number of aldehydes is 1. The van der Waals surface area contributed by atoms with Crippen LogP contribution in [0.4, 0.5) is 14.5 Å². The van der Waals surface area contributed by atoms with Crippen LogP contribution in [0.2, 0.25) is 0 Å². The fourth-order valence-electron chi connectivity index (χ4n) is 2.90. The molecule has 1 aromatic rings. The van der Waals surface area contributed by atoms with Gasteiger partial charge in [0.25, 0.3) is 0 Å². The maximum atomic E-state index is 14.1. The number of carbonyl (C=O) groups is 1. The van der Waals surface area contributed by atoms with Crippen LogP contribution in [-0.2, 0) is 0 Å². The van der Waals surface area contributed by atoms with Crippen LogP contribution in [-0.4, -0.2) is 30.6 Å². The molecule has 1 aromatic carbocycles. The quantitative estimate of drug-likeness (QED) is 0.845. The molecule has 0 saturated heterocycles. The molecule has 0 unspecified atom stereocenters. The molecule has 20 heavy (non-hydrogen) atoms. The summed E-state index contributed by atoms with van der Waals surface area (Å²) in [4.78, 5) is 12.2. The number of hydrogen-bond acceptors (Lipinski definition) is 3. The van der Waals surface area contributed by atoms with Gasteiger partial charge in [0.1, 0.15) is 23.6 Å². The molecular formula is C15H19F2NO2. The van der Waals surface area contributed by atoms with Crippen LogP contribution in [0.1, 0.15) is 42.5 Å². The second-order valence-electron chi connectivity index (χ2n) is 5.16. The molecule has 2 rings (SSSR count). The van der Waals surface area contributed by atoms with E-state index in [0.717, 1.165) is 44.2 Å². The van der Waals surface area contributed by atoms with Crippen LogP contribution < -0.4 is 4.90 Å². The van der Waals surface area contributed by atoms with Crippen molar-refractivity contribution in [1.82, 2.24) is 0 Å². The van der Waals surface area contributed by atoms with Gasteiger partial charge in [-0.1, -0.05) is 19.3 Å². The van der Waals surface area contributed by atoms with Crippen LogP contribution in [0.15, 0.2) is 12.1 Å². The van der Waals surface area contributed by atoms with Crippen molar-refractivity contribution in [1.29, 1.82) is 0 Å². The highest BCUT2D eigenvalue weighted by Crippen LogP contribution is 2.31. The number of benzene rings is 1. The van der Waals surface area contributed by atoms with E-state index in [9.17, 15) is 13.6 Å². The average Bonchev–Trinajstić information content (AvgIpc) is 2.46. The molecule has 1 saturated carbocycles.